The van der Waals surface area contributed by atoms with E-state index in [2.05, 4.69) is 29.9 Å². The van der Waals surface area contributed by atoms with E-state index in [0.717, 1.165) is 0 Å². The van der Waals surface area contributed by atoms with Gasteiger partial charge >= 0.3 is 5.76 Å². The number of nitrogens with one attached hydrogen (secondary N) is 3. The molecule has 13 heteroatoms. The molecule has 0 aliphatic carbocycles. The number of nitrogens with zero attached hydrogens (tertiary/aromatic N) is 3. The molecule has 0 fully saturated rings. The van der Waals surface area contributed by atoms with Crippen LogP contribution in [-0.2, 0) is 15.8 Å². The molecule has 37 heavy (non-hydrogen) atoms. The summed E-state index contributed by atoms with van der Waals surface area (Å²) in [4.78, 5) is 26.8. The summed E-state index contributed by atoms with van der Waals surface area (Å²) < 4.78 is 37.4. The SMILES string of the molecule is N#Cc1ccc(NC(=O)c2noc3cc(NS(=O)(=O)Cc4ccccc4)ccc23)c(-c2noc(=O)[nH]2)c1. The van der Waals surface area contributed by atoms with E-state index in [9.17, 15) is 23.3 Å². The number of carbonyl (C=O) groups is 1. The first-order valence-electron chi connectivity index (χ1n) is 10.7. The molecule has 0 saturated heterocycles. The van der Waals surface area contributed by atoms with Gasteiger partial charge in [-0.05, 0) is 35.9 Å². The third kappa shape index (κ3) is 5.09. The highest BCUT2D eigenvalue weighted by Crippen LogP contribution is 2.28. The number of H-pyrrole nitrogens is 1. The van der Waals surface area contributed by atoms with Gasteiger partial charge in [-0.15, -0.1) is 0 Å². The van der Waals surface area contributed by atoms with Crippen molar-refractivity contribution in [3.63, 3.8) is 0 Å². The molecule has 5 rings (SSSR count). The maximum Gasteiger partial charge on any atom is 0.439 e. The number of hydrogen-bond donors (Lipinski definition) is 3. The van der Waals surface area contributed by atoms with Gasteiger partial charge in [0.05, 0.1) is 34.1 Å². The van der Waals surface area contributed by atoms with Crippen LogP contribution in [0.3, 0.4) is 0 Å². The van der Waals surface area contributed by atoms with Crippen molar-refractivity contribution in [2.24, 2.45) is 0 Å². The number of anilines is 2. The number of aromatic amines is 1. The summed E-state index contributed by atoms with van der Waals surface area (Å²) >= 11 is 0. The normalized spacial score (nSPS) is 11.2. The summed E-state index contributed by atoms with van der Waals surface area (Å²) in [6.07, 6.45) is 0. The highest BCUT2D eigenvalue weighted by atomic mass is 32.2. The zero-order valence-corrected chi connectivity index (χ0v) is 19.6. The summed E-state index contributed by atoms with van der Waals surface area (Å²) in [6.45, 7) is 0. The van der Waals surface area contributed by atoms with Crippen molar-refractivity contribution >= 4 is 38.3 Å². The second-order valence-electron chi connectivity index (χ2n) is 7.86. The van der Waals surface area contributed by atoms with Crippen molar-refractivity contribution in [1.29, 1.82) is 5.26 Å². The first-order valence-corrected chi connectivity index (χ1v) is 12.3. The van der Waals surface area contributed by atoms with Crippen molar-refractivity contribution in [1.82, 2.24) is 15.3 Å². The Morgan fingerprint density at radius 2 is 1.84 bits per heavy atom. The predicted octanol–water partition coefficient (Wildman–Crippen LogP) is 3.24. The summed E-state index contributed by atoms with van der Waals surface area (Å²) in [5.74, 6) is -1.63. The molecule has 5 aromatic rings. The van der Waals surface area contributed by atoms with E-state index in [0.29, 0.717) is 10.9 Å². The minimum Gasteiger partial charge on any atom is -0.355 e. The van der Waals surface area contributed by atoms with Crippen molar-refractivity contribution < 1.29 is 22.3 Å². The fraction of sp³-hybridized carbons (Fsp3) is 0.0417. The Kier molecular flexibility index (Phi) is 6.00. The number of aromatic nitrogens is 3. The molecular formula is C24H16N6O6S. The number of benzene rings is 3. The lowest BCUT2D eigenvalue weighted by molar-refractivity contribution is 0.102. The number of fused-ring (bicyclic) bond motifs is 1. The van der Waals surface area contributed by atoms with Gasteiger partial charge < -0.3 is 9.84 Å². The van der Waals surface area contributed by atoms with Gasteiger partial charge in [0.1, 0.15) is 0 Å². The van der Waals surface area contributed by atoms with Crippen LogP contribution in [0.15, 0.2) is 80.6 Å². The van der Waals surface area contributed by atoms with E-state index >= 15 is 0 Å². The van der Waals surface area contributed by atoms with E-state index < -0.39 is 21.7 Å². The average molecular weight is 516 g/mol. The number of sulfonamides is 1. The minimum atomic E-state index is -3.69. The number of hydrogen-bond acceptors (Lipinski definition) is 9. The van der Waals surface area contributed by atoms with Crippen LogP contribution in [0.25, 0.3) is 22.4 Å². The Hall–Kier alpha value is -5.22. The molecule has 0 spiro atoms. The first-order chi connectivity index (χ1) is 17.8. The monoisotopic (exact) mass is 516 g/mol. The van der Waals surface area contributed by atoms with E-state index in [1.54, 1.807) is 30.3 Å². The third-order valence-corrected chi connectivity index (χ3v) is 6.51. The van der Waals surface area contributed by atoms with Crippen LogP contribution < -0.4 is 15.8 Å². The van der Waals surface area contributed by atoms with Crippen molar-refractivity contribution in [3.05, 3.63) is 94.1 Å². The second-order valence-corrected chi connectivity index (χ2v) is 9.58. The molecule has 2 heterocycles. The maximum absolute atomic E-state index is 13.0. The first kappa shape index (κ1) is 23.5. The zero-order valence-electron chi connectivity index (χ0n) is 18.8. The van der Waals surface area contributed by atoms with E-state index in [1.807, 2.05) is 6.07 Å². The molecular weight excluding hydrogens is 500 g/mol. The molecule has 0 atom stereocenters. The molecule has 184 valence electrons. The van der Waals surface area contributed by atoms with E-state index in [1.165, 1.54) is 36.4 Å². The molecule has 0 bridgehead atoms. The third-order valence-electron chi connectivity index (χ3n) is 5.25. The Labute approximate surface area is 208 Å². The van der Waals surface area contributed by atoms with Crippen LogP contribution in [0, 0.1) is 11.3 Å². The predicted molar refractivity (Wildman–Crippen MR) is 132 cm³/mol. The van der Waals surface area contributed by atoms with Crippen LogP contribution in [-0.4, -0.2) is 29.6 Å². The van der Waals surface area contributed by atoms with Gasteiger partial charge in [0.15, 0.2) is 17.1 Å². The summed E-state index contributed by atoms with van der Waals surface area (Å²) in [6, 6.07) is 19.5. The van der Waals surface area contributed by atoms with E-state index in [4.69, 9.17) is 4.52 Å². The molecule has 12 nitrogen and oxygen atoms in total. The van der Waals surface area contributed by atoms with Crippen LogP contribution in [0.4, 0.5) is 11.4 Å². The lowest BCUT2D eigenvalue weighted by Crippen LogP contribution is -2.15. The Morgan fingerprint density at radius 3 is 2.57 bits per heavy atom. The second kappa shape index (κ2) is 9.44. The average Bonchev–Trinajstić information content (AvgIpc) is 3.50. The lowest BCUT2D eigenvalue weighted by atomic mass is 10.1. The van der Waals surface area contributed by atoms with Crippen molar-refractivity contribution in [2.45, 2.75) is 5.75 Å². The van der Waals surface area contributed by atoms with Crippen molar-refractivity contribution in [3.8, 4) is 17.5 Å². The standard InChI is InChI=1S/C24H16N6O6S/c25-12-15-6-9-19(18(10-15)22-27-24(32)36-29-22)26-23(31)21-17-8-7-16(11-20(17)35-28-21)30-37(33,34)13-14-4-2-1-3-5-14/h1-11,30H,13H2,(H,26,31)(H,27,29,32). The minimum absolute atomic E-state index is 0.0230. The molecule has 3 aromatic carbocycles. The van der Waals surface area contributed by atoms with Gasteiger partial charge in [-0.2, -0.15) is 5.26 Å². The smallest absolute Gasteiger partial charge is 0.355 e. The Balaban J connectivity index is 1.39. The highest BCUT2D eigenvalue weighted by molar-refractivity contribution is 7.91. The summed E-state index contributed by atoms with van der Waals surface area (Å²) in [5, 5.41) is 19.6. The lowest BCUT2D eigenvalue weighted by Gasteiger charge is -2.09. The number of rotatable bonds is 7. The number of nitriles is 1. The van der Waals surface area contributed by atoms with E-state index in [-0.39, 0.29) is 45.4 Å². The number of amides is 1. The van der Waals surface area contributed by atoms with Gasteiger partial charge in [-0.25, -0.2) is 13.2 Å². The van der Waals surface area contributed by atoms with Gasteiger partial charge in [0, 0.05) is 11.6 Å². The fourth-order valence-electron chi connectivity index (χ4n) is 3.62. The Morgan fingerprint density at radius 1 is 1.03 bits per heavy atom. The van der Waals surface area contributed by atoms with Crippen LogP contribution in [0.1, 0.15) is 21.6 Å². The van der Waals surface area contributed by atoms with Gasteiger partial charge in [0.2, 0.25) is 10.0 Å². The fourth-order valence-corrected chi connectivity index (χ4v) is 4.81. The molecule has 2 aromatic heterocycles. The van der Waals surface area contributed by atoms with Crippen molar-refractivity contribution in [2.75, 3.05) is 10.0 Å². The molecule has 0 radical (unpaired) electrons. The summed E-state index contributed by atoms with van der Waals surface area (Å²) in [7, 11) is -3.69. The molecule has 0 unspecified atom stereocenters. The van der Waals surface area contributed by atoms with Crippen LogP contribution in [0.5, 0.6) is 0 Å². The largest absolute Gasteiger partial charge is 0.439 e. The molecule has 0 saturated carbocycles. The topological polar surface area (TPSA) is 184 Å². The molecule has 0 aliphatic heterocycles. The van der Waals surface area contributed by atoms with Crippen LogP contribution in [0.2, 0.25) is 0 Å². The van der Waals surface area contributed by atoms with Gasteiger partial charge in [0.25, 0.3) is 5.91 Å². The zero-order chi connectivity index (χ0) is 26.0. The molecule has 1 amide bonds. The summed E-state index contributed by atoms with van der Waals surface area (Å²) in [5.41, 5.74) is 1.76. The van der Waals surface area contributed by atoms with Gasteiger partial charge in [-0.3, -0.25) is 19.0 Å². The molecule has 3 N–H and O–H groups in total. The highest BCUT2D eigenvalue weighted by Gasteiger charge is 2.20. The molecule has 0 aliphatic rings. The van der Waals surface area contributed by atoms with Crippen LogP contribution >= 0.6 is 0 Å². The quantitative estimate of drug-likeness (QED) is 0.292. The maximum atomic E-state index is 13.0. The number of carbonyl (C=O) groups excluding carboxylic acids is 1. The van der Waals surface area contributed by atoms with Gasteiger partial charge in [-0.1, -0.05) is 40.6 Å². The Bertz CT molecular complexity index is 1830.